The standard InChI is InChI=1S/C32H25NS/c1-5-13-24(14-6-1)28-21-31-32(27-19-11-4-12-20-27)29(25-15-7-2-8-16-25)22-33-34(31)23-30(28)26-17-9-3-10-18-26/h1-20,22H,21,23H2. The van der Waals surface area contributed by atoms with E-state index in [4.69, 9.17) is 4.36 Å². The molecule has 2 aliphatic heterocycles. The summed E-state index contributed by atoms with van der Waals surface area (Å²) in [6, 6.07) is 43.3. The Morgan fingerprint density at radius 2 is 0.971 bits per heavy atom. The molecule has 0 radical (unpaired) electrons. The molecule has 2 heteroatoms. The lowest BCUT2D eigenvalue weighted by Gasteiger charge is -2.31. The van der Waals surface area contributed by atoms with Gasteiger partial charge in [0.2, 0.25) is 0 Å². The summed E-state index contributed by atoms with van der Waals surface area (Å²) in [6.07, 6.45) is 3.04. The van der Waals surface area contributed by atoms with Gasteiger partial charge in [0.1, 0.15) is 0 Å². The van der Waals surface area contributed by atoms with E-state index in [0.717, 1.165) is 12.2 Å². The van der Waals surface area contributed by atoms with Gasteiger partial charge in [-0.2, -0.15) is 0 Å². The third-order valence-electron chi connectivity index (χ3n) is 6.52. The van der Waals surface area contributed by atoms with Gasteiger partial charge in [-0.1, -0.05) is 132 Å². The molecule has 34 heavy (non-hydrogen) atoms. The number of allylic oxidation sites excluding steroid dienone is 4. The van der Waals surface area contributed by atoms with E-state index in [1.807, 2.05) is 0 Å². The van der Waals surface area contributed by atoms with Crippen LogP contribution in [0.25, 0.3) is 22.3 Å². The summed E-state index contributed by atoms with van der Waals surface area (Å²) in [5.74, 6) is 0.943. The summed E-state index contributed by atoms with van der Waals surface area (Å²) in [5.41, 5.74) is 10.5. The van der Waals surface area contributed by atoms with E-state index in [9.17, 15) is 0 Å². The second kappa shape index (κ2) is 9.24. The molecule has 1 unspecified atom stereocenters. The maximum absolute atomic E-state index is 5.16. The Hall–Kier alpha value is -3.75. The van der Waals surface area contributed by atoms with Crippen LogP contribution in [-0.4, -0.2) is 5.75 Å². The fourth-order valence-corrected chi connectivity index (χ4v) is 6.87. The van der Waals surface area contributed by atoms with E-state index in [1.54, 1.807) is 0 Å². The number of hydrogen-bond donors (Lipinski definition) is 0. The highest BCUT2D eigenvalue weighted by atomic mass is 32.2. The van der Waals surface area contributed by atoms with Gasteiger partial charge in [0.05, 0.1) is 0 Å². The van der Waals surface area contributed by atoms with E-state index in [0.29, 0.717) is 0 Å². The number of rotatable bonds is 4. The topological polar surface area (TPSA) is 12.4 Å². The molecule has 0 bridgehead atoms. The fourth-order valence-electron chi connectivity index (χ4n) is 4.87. The van der Waals surface area contributed by atoms with E-state index >= 15 is 0 Å². The van der Waals surface area contributed by atoms with Gasteiger partial charge in [-0.15, -0.1) is 0 Å². The summed E-state index contributed by atoms with van der Waals surface area (Å²) in [7, 11) is -0.182. The van der Waals surface area contributed by atoms with Crippen molar-refractivity contribution in [1.29, 1.82) is 0 Å². The van der Waals surface area contributed by atoms with E-state index in [-0.39, 0.29) is 10.7 Å². The molecule has 1 atom stereocenters. The van der Waals surface area contributed by atoms with Crippen LogP contribution in [0.3, 0.4) is 0 Å². The van der Waals surface area contributed by atoms with Crippen molar-refractivity contribution in [2.75, 3.05) is 5.75 Å². The number of fused-ring (bicyclic) bond motifs is 1. The largest absolute Gasteiger partial charge is 0.231 e. The van der Waals surface area contributed by atoms with Crippen LogP contribution in [-0.2, 0) is 10.7 Å². The third-order valence-corrected chi connectivity index (χ3v) is 8.36. The predicted molar refractivity (Wildman–Crippen MR) is 147 cm³/mol. The highest BCUT2D eigenvalue weighted by Crippen LogP contribution is 2.46. The Morgan fingerprint density at radius 3 is 1.53 bits per heavy atom. The monoisotopic (exact) mass is 455 g/mol. The van der Waals surface area contributed by atoms with Gasteiger partial charge in [-0.05, 0) is 33.4 Å². The molecule has 164 valence electrons. The van der Waals surface area contributed by atoms with Gasteiger partial charge in [-0.25, -0.2) is 4.36 Å². The quantitative estimate of drug-likeness (QED) is 0.294. The summed E-state index contributed by atoms with van der Waals surface area (Å²) in [6.45, 7) is 0. The molecule has 2 heterocycles. The zero-order valence-electron chi connectivity index (χ0n) is 18.9. The van der Waals surface area contributed by atoms with Crippen molar-refractivity contribution in [2.45, 2.75) is 6.42 Å². The molecular weight excluding hydrogens is 430 g/mol. The van der Waals surface area contributed by atoms with Crippen molar-refractivity contribution in [3.05, 3.63) is 155 Å². The minimum absolute atomic E-state index is 0.182. The normalized spacial score (nSPS) is 17.6. The van der Waals surface area contributed by atoms with Crippen molar-refractivity contribution >= 4 is 33.0 Å². The Bertz CT molecular complexity index is 1440. The van der Waals surface area contributed by atoms with Crippen molar-refractivity contribution < 1.29 is 0 Å². The van der Waals surface area contributed by atoms with Gasteiger partial charge < -0.3 is 0 Å². The first-order chi connectivity index (χ1) is 16.9. The predicted octanol–water partition coefficient (Wildman–Crippen LogP) is 8.27. The summed E-state index contributed by atoms with van der Waals surface area (Å²) in [4.78, 5) is 1.45. The second-order valence-electron chi connectivity index (χ2n) is 8.55. The minimum atomic E-state index is -0.182. The SMILES string of the molecule is C1=C(c2ccccc2)C(c2ccccc2)=C2CC(c3ccccc3)=C(c3ccccc3)CS2=N1. The molecule has 4 aromatic rings. The van der Waals surface area contributed by atoms with Crippen LogP contribution in [0.4, 0.5) is 0 Å². The average molecular weight is 456 g/mol. The Kier molecular flexibility index (Phi) is 5.66. The van der Waals surface area contributed by atoms with Crippen LogP contribution in [0, 0.1) is 0 Å². The maximum atomic E-state index is 5.16. The van der Waals surface area contributed by atoms with E-state index in [2.05, 4.69) is 128 Å². The summed E-state index contributed by atoms with van der Waals surface area (Å²) < 4.78 is 5.16. The van der Waals surface area contributed by atoms with Crippen LogP contribution in [0.15, 0.2) is 137 Å². The molecule has 2 aliphatic rings. The van der Waals surface area contributed by atoms with Crippen LogP contribution < -0.4 is 0 Å². The molecule has 0 saturated heterocycles. The van der Waals surface area contributed by atoms with Crippen molar-refractivity contribution in [2.24, 2.45) is 4.36 Å². The van der Waals surface area contributed by atoms with Crippen molar-refractivity contribution in [3.8, 4) is 0 Å². The van der Waals surface area contributed by atoms with Gasteiger partial charge in [-0.3, -0.25) is 0 Å². The molecular formula is C32H25NS. The molecule has 0 fully saturated rings. The zero-order chi connectivity index (χ0) is 22.7. The van der Waals surface area contributed by atoms with E-state index in [1.165, 1.54) is 49.5 Å². The van der Waals surface area contributed by atoms with Gasteiger partial charge >= 0.3 is 0 Å². The summed E-state index contributed by atoms with van der Waals surface area (Å²) in [5, 5.41) is 0. The lowest BCUT2D eigenvalue weighted by atomic mass is 9.88. The molecule has 0 aliphatic carbocycles. The average Bonchev–Trinajstić information content (AvgIpc) is 2.93. The van der Waals surface area contributed by atoms with E-state index < -0.39 is 0 Å². The molecule has 4 aromatic carbocycles. The molecule has 0 amide bonds. The molecule has 1 nitrogen and oxygen atoms in total. The van der Waals surface area contributed by atoms with Gasteiger partial charge in [0.25, 0.3) is 0 Å². The third kappa shape index (κ3) is 3.91. The lowest BCUT2D eigenvalue weighted by Crippen LogP contribution is -2.16. The van der Waals surface area contributed by atoms with Crippen LogP contribution in [0.5, 0.6) is 0 Å². The van der Waals surface area contributed by atoms with Crippen LogP contribution in [0.1, 0.15) is 28.7 Å². The fraction of sp³-hybridized carbons (Fsp3) is 0.0625. The van der Waals surface area contributed by atoms with Gasteiger partial charge in [0, 0.05) is 34.4 Å². The van der Waals surface area contributed by atoms with Crippen LogP contribution >= 0.6 is 0 Å². The molecule has 0 spiro atoms. The van der Waals surface area contributed by atoms with Crippen molar-refractivity contribution in [1.82, 2.24) is 0 Å². The second-order valence-corrected chi connectivity index (χ2v) is 10.3. The minimum Gasteiger partial charge on any atom is -0.231 e. The highest BCUT2D eigenvalue weighted by molar-refractivity contribution is 7.92. The number of hydrogen-bond acceptors (Lipinski definition) is 1. The number of benzene rings is 4. The highest BCUT2D eigenvalue weighted by Gasteiger charge is 2.29. The Balaban J connectivity index is 1.58. The smallest absolute Gasteiger partial charge is 0.0430 e. The molecule has 0 saturated carbocycles. The van der Waals surface area contributed by atoms with Crippen LogP contribution in [0.2, 0.25) is 0 Å². The first-order valence-electron chi connectivity index (χ1n) is 11.7. The first kappa shape index (κ1) is 20.8. The lowest BCUT2D eigenvalue weighted by molar-refractivity contribution is 1.31. The molecule has 6 rings (SSSR count). The summed E-state index contributed by atoms with van der Waals surface area (Å²) >= 11 is 0. The Morgan fingerprint density at radius 1 is 0.500 bits per heavy atom. The molecule has 0 N–H and O–H groups in total. The Labute approximate surface area is 203 Å². The first-order valence-corrected chi connectivity index (χ1v) is 13.0. The van der Waals surface area contributed by atoms with Crippen molar-refractivity contribution in [3.63, 3.8) is 0 Å². The van der Waals surface area contributed by atoms with Gasteiger partial charge in [0.15, 0.2) is 0 Å². The molecule has 0 aromatic heterocycles. The number of nitrogens with zero attached hydrogens (tertiary/aromatic N) is 1. The zero-order valence-corrected chi connectivity index (χ0v) is 19.7. The maximum Gasteiger partial charge on any atom is 0.0430 e.